The summed E-state index contributed by atoms with van der Waals surface area (Å²) in [7, 11) is 0. The molecule has 164 valence electrons. The molecule has 3 aromatic carbocycles. The summed E-state index contributed by atoms with van der Waals surface area (Å²) in [5, 5.41) is 8.78. The molecule has 6 heteroatoms. The average Bonchev–Trinajstić information content (AvgIpc) is 2.73. The van der Waals surface area contributed by atoms with E-state index in [1.807, 2.05) is 24.3 Å². The topological polar surface area (TPSA) is 49.8 Å². The summed E-state index contributed by atoms with van der Waals surface area (Å²) in [6, 6.07) is 22.1. The lowest BCUT2D eigenvalue weighted by Crippen LogP contribution is -2.11. The minimum absolute atomic E-state index is 0.160. The number of rotatable bonds is 6. The van der Waals surface area contributed by atoms with Crippen molar-refractivity contribution in [3.63, 3.8) is 0 Å². The third-order valence-electron chi connectivity index (χ3n) is 5.25. The molecule has 32 heavy (non-hydrogen) atoms. The average molecular weight is 465 g/mol. The van der Waals surface area contributed by atoms with Gasteiger partial charge in [0.1, 0.15) is 5.82 Å². The first-order valence-electron chi connectivity index (χ1n) is 10.6. The molecule has 0 spiro atoms. The van der Waals surface area contributed by atoms with Gasteiger partial charge in [0.05, 0.1) is 5.52 Å². The second-order valence-electron chi connectivity index (χ2n) is 8.82. The lowest BCUT2D eigenvalue weighted by Gasteiger charge is -2.19. The molecule has 0 atom stereocenters. The highest BCUT2D eigenvalue weighted by molar-refractivity contribution is 6.35. The number of nitrogens with zero attached hydrogens (tertiary/aromatic N) is 2. The van der Waals surface area contributed by atoms with E-state index in [9.17, 15) is 0 Å². The van der Waals surface area contributed by atoms with Crippen molar-refractivity contribution in [2.45, 2.75) is 32.6 Å². The number of para-hydroxylation sites is 1. The first-order chi connectivity index (χ1) is 15.3. The molecule has 0 radical (unpaired) electrons. The lowest BCUT2D eigenvalue weighted by atomic mass is 9.86. The largest absolute Gasteiger partial charge is 0.369 e. The third kappa shape index (κ3) is 5.50. The normalized spacial score (nSPS) is 11.5. The fourth-order valence-electron chi connectivity index (χ4n) is 3.52. The van der Waals surface area contributed by atoms with Crippen LogP contribution in [0.3, 0.4) is 0 Å². The Morgan fingerprint density at radius 3 is 2.22 bits per heavy atom. The molecule has 0 saturated carbocycles. The third-order valence-corrected chi connectivity index (χ3v) is 5.68. The zero-order chi connectivity index (χ0) is 22.7. The molecule has 0 saturated heterocycles. The van der Waals surface area contributed by atoms with Gasteiger partial charge < -0.3 is 10.6 Å². The van der Waals surface area contributed by atoms with Gasteiger partial charge in [-0.3, -0.25) is 0 Å². The van der Waals surface area contributed by atoms with Crippen molar-refractivity contribution < 1.29 is 0 Å². The summed E-state index contributed by atoms with van der Waals surface area (Å²) < 4.78 is 0. The van der Waals surface area contributed by atoms with Gasteiger partial charge in [-0.1, -0.05) is 80.4 Å². The van der Waals surface area contributed by atoms with Crippen LogP contribution in [0.1, 0.15) is 31.9 Å². The van der Waals surface area contributed by atoms with Crippen LogP contribution >= 0.6 is 23.2 Å². The summed E-state index contributed by atoms with van der Waals surface area (Å²) in [4.78, 5) is 9.35. The van der Waals surface area contributed by atoms with Crippen molar-refractivity contribution in [3.05, 3.63) is 87.9 Å². The molecule has 1 aromatic heterocycles. The number of fused-ring (bicyclic) bond motifs is 1. The van der Waals surface area contributed by atoms with Crippen LogP contribution in [-0.4, -0.2) is 16.5 Å². The van der Waals surface area contributed by atoms with E-state index in [-0.39, 0.29) is 5.41 Å². The van der Waals surface area contributed by atoms with Crippen LogP contribution in [-0.2, 0) is 11.8 Å². The van der Waals surface area contributed by atoms with Gasteiger partial charge in [-0.15, -0.1) is 0 Å². The number of aromatic nitrogens is 2. The van der Waals surface area contributed by atoms with Gasteiger partial charge in [0.15, 0.2) is 0 Å². The van der Waals surface area contributed by atoms with Crippen LogP contribution < -0.4 is 10.6 Å². The molecule has 0 aliphatic carbocycles. The Kier molecular flexibility index (Phi) is 6.54. The highest BCUT2D eigenvalue weighted by atomic mass is 35.5. The molecule has 0 bridgehead atoms. The molecule has 0 unspecified atom stereocenters. The van der Waals surface area contributed by atoms with E-state index in [1.165, 1.54) is 11.1 Å². The van der Waals surface area contributed by atoms with Gasteiger partial charge in [0.2, 0.25) is 5.95 Å². The first kappa shape index (κ1) is 22.4. The van der Waals surface area contributed by atoms with E-state index in [1.54, 1.807) is 18.2 Å². The van der Waals surface area contributed by atoms with E-state index in [2.05, 4.69) is 60.7 Å². The number of hydrogen-bond acceptors (Lipinski definition) is 4. The standard InChI is InChI=1S/C26H26Cl2N4/c1-26(2,3)18-10-8-17(9-11-18)12-13-29-24-22-6-4-5-7-23(22)31-25(32-24)30-21-15-19(27)14-20(28)16-21/h4-11,14-16H,12-13H2,1-3H3,(H2,29,30,31,32). The van der Waals surface area contributed by atoms with Crippen LogP contribution in [0.4, 0.5) is 17.5 Å². The Bertz CT molecular complexity index is 1210. The van der Waals surface area contributed by atoms with Gasteiger partial charge in [-0.25, -0.2) is 4.98 Å². The SMILES string of the molecule is CC(C)(C)c1ccc(CCNc2nc(Nc3cc(Cl)cc(Cl)c3)nc3ccccc23)cc1. The summed E-state index contributed by atoms with van der Waals surface area (Å²) >= 11 is 12.3. The Balaban J connectivity index is 1.52. The maximum absolute atomic E-state index is 6.13. The monoisotopic (exact) mass is 464 g/mol. The number of benzene rings is 3. The predicted octanol–water partition coefficient (Wildman–Crippen LogP) is 7.63. The minimum Gasteiger partial charge on any atom is -0.369 e. The quantitative estimate of drug-likeness (QED) is 0.307. The molecule has 0 aliphatic heterocycles. The van der Waals surface area contributed by atoms with Gasteiger partial charge in [0, 0.05) is 27.7 Å². The molecule has 4 nitrogen and oxygen atoms in total. The fraction of sp³-hybridized carbons (Fsp3) is 0.231. The number of hydrogen-bond donors (Lipinski definition) is 2. The molecule has 0 amide bonds. The molecule has 4 aromatic rings. The molecular weight excluding hydrogens is 439 g/mol. The predicted molar refractivity (Wildman–Crippen MR) is 137 cm³/mol. The Labute approximate surface area is 199 Å². The van der Waals surface area contributed by atoms with Crippen LogP contribution in [0, 0.1) is 0 Å². The maximum atomic E-state index is 6.13. The van der Waals surface area contributed by atoms with Crippen molar-refractivity contribution in [2.75, 3.05) is 17.2 Å². The van der Waals surface area contributed by atoms with E-state index >= 15 is 0 Å². The van der Waals surface area contributed by atoms with E-state index in [4.69, 9.17) is 28.2 Å². The van der Waals surface area contributed by atoms with Crippen LogP contribution in [0.15, 0.2) is 66.7 Å². The smallest absolute Gasteiger partial charge is 0.229 e. The van der Waals surface area contributed by atoms with Crippen LogP contribution in [0.5, 0.6) is 0 Å². The maximum Gasteiger partial charge on any atom is 0.229 e. The number of nitrogens with one attached hydrogen (secondary N) is 2. The Morgan fingerprint density at radius 2 is 1.53 bits per heavy atom. The van der Waals surface area contributed by atoms with E-state index in [0.29, 0.717) is 16.0 Å². The van der Waals surface area contributed by atoms with Crippen molar-refractivity contribution in [1.29, 1.82) is 0 Å². The van der Waals surface area contributed by atoms with Crippen molar-refractivity contribution in [2.24, 2.45) is 0 Å². The summed E-state index contributed by atoms with van der Waals surface area (Å²) in [6.45, 7) is 7.45. The van der Waals surface area contributed by atoms with E-state index < -0.39 is 0 Å². The van der Waals surface area contributed by atoms with Crippen molar-refractivity contribution in [3.8, 4) is 0 Å². The molecule has 4 rings (SSSR count). The molecular formula is C26H26Cl2N4. The molecule has 0 fully saturated rings. The molecule has 0 aliphatic rings. The highest BCUT2D eigenvalue weighted by Gasteiger charge is 2.13. The summed E-state index contributed by atoms with van der Waals surface area (Å²) in [5.41, 5.74) is 4.38. The fourth-order valence-corrected chi connectivity index (χ4v) is 4.05. The van der Waals surface area contributed by atoms with Gasteiger partial charge in [0.25, 0.3) is 0 Å². The van der Waals surface area contributed by atoms with Crippen LogP contribution in [0.2, 0.25) is 10.0 Å². The van der Waals surface area contributed by atoms with Gasteiger partial charge in [-0.2, -0.15) is 4.98 Å². The van der Waals surface area contributed by atoms with Crippen molar-refractivity contribution in [1.82, 2.24) is 9.97 Å². The Morgan fingerprint density at radius 1 is 0.844 bits per heavy atom. The zero-order valence-corrected chi connectivity index (χ0v) is 19.9. The van der Waals surface area contributed by atoms with Crippen molar-refractivity contribution >= 4 is 51.6 Å². The molecule has 2 N–H and O–H groups in total. The number of halogens is 2. The minimum atomic E-state index is 0.160. The summed E-state index contributed by atoms with van der Waals surface area (Å²) in [5.74, 6) is 1.27. The summed E-state index contributed by atoms with van der Waals surface area (Å²) in [6.07, 6.45) is 0.898. The van der Waals surface area contributed by atoms with Crippen LogP contribution in [0.25, 0.3) is 10.9 Å². The Hall–Kier alpha value is -2.82. The first-order valence-corrected chi connectivity index (χ1v) is 11.4. The zero-order valence-electron chi connectivity index (χ0n) is 18.4. The second kappa shape index (κ2) is 9.35. The van der Waals surface area contributed by atoms with Gasteiger partial charge >= 0.3 is 0 Å². The highest BCUT2D eigenvalue weighted by Crippen LogP contribution is 2.27. The van der Waals surface area contributed by atoms with Gasteiger partial charge in [-0.05, 0) is 53.3 Å². The lowest BCUT2D eigenvalue weighted by molar-refractivity contribution is 0.590. The van der Waals surface area contributed by atoms with E-state index in [0.717, 1.165) is 35.4 Å². The second-order valence-corrected chi connectivity index (χ2v) is 9.69. The molecule has 1 heterocycles. The number of anilines is 3.